The molecule has 1 amide bonds. The van der Waals surface area contributed by atoms with E-state index in [1.807, 2.05) is 4.90 Å². The maximum absolute atomic E-state index is 12.3. The monoisotopic (exact) mass is 340 g/mol. The van der Waals surface area contributed by atoms with Crippen molar-refractivity contribution in [3.63, 3.8) is 0 Å². The molecule has 0 unspecified atom stereocenters. The lowest BCUT2D eigenvalue weighted by molar-refractivity contribution is -0.132. The van der Waals surface area contributed by atoms with Crippen LogP contribution in [0.4, 0.5) is 0 Å². The summed E-state index contributed by atoms with van der Waals surface area (Å²) in [5.41, 5.74) is 0. The summed E-state index contributed by atoms with van der Waals surface area (Å²) in [7, 11) is -2.26. The SMILES string of the molecule is COc1ccccc1S(=O)(=O)NCCC(=O)N1CCC[C@@H](C)C1. The Labute approximate surface area is 137 Å². The third kappa shape index (κ3) is 4.68. The number of piperidine rings is 1. The molecule has 1 N–H and O–H groups in total. The molecule has 2 rings (SSSR count). The summed E-state index contributed by atoms with van der Waals surface area (Å²) in [4.78, 5) is 14.1. The molecule has 1 fully saturated rings. The number of sulfonamides is 1. The highest BCUT2D eigenvalue weighted by molar-refractivity contribution is 7.89. The van der Waals surface area contributed by atoms with E-state index in [1.54, 1.807) is 18.2 Å². The number of hydrogen-bond donors (Lipinski definition) is 1. The van der Waals surface area contributed by atoms with Gasteiger partial charge >= 0.3 is 0 Å². The van der Waals surface area contributed by atoms with Gasteiger partial charge in [-0.25, -0.2) is 13.1 Å². The van der Waals surface area contributed by atoms with Crippen LogP contribution in [0.1, 0.15) is 26.2 Å². The van der Waals surface area contributed by atoms with Crippen LogP contribution >= 0.6 is 0 Å². The Bertz CT molecular complexity index is 645. The van der Waals surface area contributed by atoms with Crippen LogP contribution in [-0.4, -0.2) is 46.0 Å². The second-order valence-corrected chi connectivity index (χ2v) is 7.62. The molecule has 0 bridgehead atoms. The summed E-state index contributed by atoms with van der Waals surface area (Å²) in [6, 6.07) is 6.42. The van der Waals surface area contributed by atoms with Gasteiger partial charge in [-0.05, 0) is 30.9 Å². The van der Waals surface area contributed by atoms with Crippen molar-refractivity contribution in [2.75, 3.05) is 26.7 Å². The molecule has 1 aromatic rings. The van der Waals surface area contributed by atoms with Gasteiger partial charge in [-0.15, -0.1) is 0 Å². The molecule has 1 saturated heterocycles. The van der Waals surface area contributed by atoms with Gasteiger partial charge in [-0.2, -0.15) is 0 Å². The van der Waals surface area contributed by atoms with E-state index in [1.165, 1.54) is 13.2 Å². The standard InChI is InChI=1S/C16H24N2O4S/c1-13-6-5-11-18(12-13)16(19)9-10-17-23(20,21)15-8-4-3-7-14(15)22-2/h3-4,7-8,13,17H,5-6,9-12H2,1-2H3/t13-/m1/s1. The van der Waals surface area contributed by atoms with Crippen molar-refractivity contribution in [2.24, 2.45) is 5.92 Å². The number of hydrogen-bond acceptors (Lipinski definition) is 4. The van der Waals surface area contributed by atoms with E-state index in [4.69, 9.17) is 4.74 Å². The number of carbonyl (C=O) groups excluding carboxylic acids is 1. The lowest BCUT2D eigenvalue weighted by Gasteiger charge is -2.31. The lowest BCUT2D eigenvalue weighted by Crippen LogP contribution is -2.40. The van der Waals surface area contributed by atoms with Crippen molar-refractivity contribution in [1.29, 1.82) is 0 Å². The summed E-state index contributed by atoms with van der Waals surface area (Å²) in [6.45, 7) is 3.74. The fraction of sp³-hybridized carbons (Fsp3) is 0.562. The number of ether oxygens (including phenoxy) is 1. The van der Waals surface area contributed by atoms with Crippen molar-refractivity contribution >= 4 is 15.9 Å². The van der Waals surface area contributed by atoms with Crippen molar-refractivity contribution < 1.29 is 17.9 Å². The second kappa shape index (κ2) is 7.79. The van der Waals surface area contributed by atoms with E-state index in [2.05, 4.69) is 11.6 Å². The number of nitrogens with zero attached hydrogens (tertiary/aromatic N) is 1. The highest BCUT2D eigenvalue weighted by Crippen LogP contribution is 2.22. The Kier molecular flexibility index (Phi) is 6.01. The van der Waals surface area contributed by atoms with Gasteiger partial charge in [0.25, 0.3) is 0 Å². The molecule has 23 heavy (non-hydrogen) atoms. The van der Waals surface area contributed by atoms with E-state index >= 15 is 0 Å². The molecular weight excluding hydrogens is 316 g/mol. The summed E-state index contributed by atoms with van der Waals surface area (Å²) in [5, 5.41) is 0. The molecule has 0 saturated carbocycles. The second-order valence-electron chi connectivity index (χ2n) is 5.89. The average molecular weight is 340 g/mol. The minimum Gasteiger partial charge on any atom is -0.495 e. The van der Waals surface area contributed by atoms with Gasteiger partial charge in [0.2, 0.25) is 15.9 Å². The van der Waals surface area contributed by atoms with Crippen LogP contribution in [-0.2, 0) is 14.8 Å². The summed E-state index contributed by atoms with van der Waals surface area (Å²) < 4.78 is 32.2. The Balaban J connectivity index is 1.91. The van der Waals surface area contributed by atoms with Crippen LogP contribution < -0.4 is 9.46 Å². The summed E-state index contributed by atoms with van der Waals surface area (Å²) >= 11 is 0. The molecule has 0 spiro atoms. The first-order chi connectivity index (χ1) is 10.9. The molecule has 1 aromatic carbocycles. The first-order valence-electron chi connectivity index (χ1n) is 7.84. The van der Waals surface area contributed by atoms with E-state index in [9.17, 15) is 13.2 Å². The zero-order valence-corrected chi connectivity index (χ0v) is 14.4. The maximum atomic E-state index is 12.3. The largest absolute Gasteiger partial charge is 0.495 e. The highest BCUT2D eigenvalue weighted by atomic mass is 32.2. The lowest BCUT2D eigenvalue weighted by atomic mass is 10.0. The van der Waals surface area contributed by atoms with Gasteiger partial charge in [0.1, 0.15) is 10.6 Å². The number of amides is 1. The van der Waals surface area contributed by atoms with Crippen LogP contribution in [0.2, 0.25) is 0 Å². The van der Waals surface area contributed by atoms with Crippen molar-refractivity contribution in [2.45, 2.75) is 31.1 Å². The predicted molar refractivity (Wildman–Crippen MR) is 87.8 cm³/mol. The molecule has 1 aliphatic heterocycles. The van der Waals surface area contributed by atoms with E-state index in [-0.39, 0.29) is 29.5 Å². The number of likely N-dealkylation sites (tertiary alicyclic amines) is 1. The summed E-state index contributed by atoms with van der Waals surface area (Å²) in [5.74, 6) is 0.799. The van der Waals surface area contributed by atoms with Gasteiger partial charge in [0.15, 0.2) is 0 Å². The number of carbonyl (C=O) groups is 1. The number of methoxy groups -OCH3 is 1. The molecular formula is C16H24N2O4S. The van der Waals surface area contributed by atoms with E-state index < -0.39 is 10.0 Å². The molecule has 0 aromatic heterocycles. The van der Waals surface area contributed by atoms with Crippen molar-refractivity contribution in [1.82, 2.24) is 9.62 Å². The zero-order chi connectivity index (χ0) is 16.9. The number of para-hydroxylation sites is 1. The number of rotatable bonds is 6. The highest BCUT2D eigenvalue weighted by Gasteiger charge is 2.22. The fourth-order valence-corrected chi connectivity index (χ4v) is 3.99. The number of benzene rings is 1. The Morgan fingerprint density at radius 2 is 2.13 bits per heavy atom. The molecule has 1 atom stereocenters. The molecule has 7 heteroatoms. The molecule has 1 aliphatic rings. The van der Waals surface area contributed by atoms with Crippen LogP contribution in [0.15, 0.2) is 29.2 Å². The quantitative estimate of drug-likeness (QED) is 0.854. The Morgan fingerprint density at radius 1 is 1.39 bits per heavy atom. The smallest absolute Gasteiger partial charge is 0.244 e. The van der Waals surface area contributed by atoms with Gasteiger partial charge in [0, 0.05) is 26.1 Å². The van der Waals surface area contributed by atoms with Gasteiger partial charge in [-0.3, -0.25) is 4.79 Å². The van der Waals surface area contributed by atoms with Crippen LogP contribution in [0.25, 0.3) is 0 Å². The van der Waals surface area contributed by atoms with Gasteiger partial charge < -0.3 is 9.64 Å². The maximum Gasteiger partial charge on any atom is 0.244 e. The Hall–Kier alpha value is -1.60. The normalized spacial score (nSPS) is 18.7. The number of nitrogens with one attached hydrogen (secondary N) is 1. The van der Waals surface area contributed by atoms with Crippen LogP contribution in [0.3, 0.4) is 0 Å². The Morgan fingerprint density at radius 3 is 2.83 bits per heavy atom. The predicted octanol–water partition coefficient (Wildman–Crippen LogP) is 1.62. The fourth-order valence-electron chi connectivity index (χ4n) is 2.78. The van der Waals surface area contributed by atoms with E-state index in [0.717, 1.165) is 25.9 Å². The van der Waals surface area contributed by atoms with Crippen LogP contribution in [0.5, 0.6) is 5.75 Å². The first-order valence-corrected chi connectivity index (χ1v) is 9.33. The van der Waals surface area contributed by atoms with E-state index in [0.29, 0.717) is 5.92 Å². The van der Waals surface area contributed by atoms with Crippen molar-refractivity contribution in [3.8, 4) is 5.75 Å². The average Bonchev–Trinajstić information content (AvgIpc) is 2.54. The summed E-state index contributed by atoms with van der Waals surface area (Å²) in [6.07, 6.45) is 2.32. The van der Waals surface area contributed by atoms with Crippen molar-refractivity contribution in [3.05, 3.63) is 24.3 Å². The zero-order valence-electron chi connectivity index (χ0n) is 13.6. The minimum absolute atomic E-state index is 0.000670. The first kappa shape index (κ1) is 17.7. The molecule has 0 aliphatic carbocycles. The third-order valence-corrected chi connectivity index (χ3v) is 5.50. The third-order valence-electron chi connectivity index (χ3n) is 4.00. The minimum atomic E-state index is -3.69. The topological polar surface area (TPSA) is 75.7 Å². The van der Waals surface area contributed by atoms with Gasteiger partial charge in [-0.1, -0.05) is 19.1 Å². The molecule has 0 radical (unpaired) electrons. The van der Waals surface area contributed by atoms with Gasteiger partial charge in [0.05, 0.1) is 7.11 Å². The molecule has 6 nitrogen and oxygen atoms in total. The molecule has 1 heterocycles. The molecule has 128 valence electrons. The van der Waals surface area contributed by atoms with Crippen LogP contribution in [0, 0.1) is 5.92 Å².